The summed E-state index contributed by atoms with van der Waals surface area (Å²) >= 11 is 0. The molecule has 1 aromatic rings. The molecule has 1 aromatic heterocycles. The van der Waals surface area contributed by atoms with Gasteiger partial charge in [-0.25, -0.2) is 0 Å². The van der Waals surface area contributed by atoms with Crippen LogP contribution in [0.25, 0.3) is 0 Å². The fourth-order valence-corrected chi connectivity index (χ4v) is 2.29. The minimum atomic E-state index is 0.785. The van der Waals surface area contributed by atoms with Crippen molar-refractivity contribution in [2.45, 2.75) is 40.0 Å². The largest absolute Gasteiger partial charge is 0.317 e. The summed E-state index contributed by atoms with van der Waals surface area (Å²) in [5, 5.41) is 7.69. The zero-order valence-corrected chi connectivity index (χ0v) is 11.7. The molecule has 0 saturated heterocycles. The number of aromatic nitrogens is 2. The van der Waals surface area contributed by atoms with Gasteiger partial charge in [0.05, 0.1) is 6.20 Å². The van der Waals surface area contributed by atoms with Crippen LogP contribution in [0.5, 0.6) is 0 Å². The maximum Gasteiger partial charge on any atom is 0.0521 e. The number of hydrogen-bond acceptors (Lipinski definition) is 2. The summed E-state index contributed by atoms with van der Waals surface area (Å²) in [6, 6.07) is 0. The van der Waals surface area contributed by atoms with E-state index in [9.17, 15) is 0 Å². The molecule has 0 saturated carbocycles. The second-order valence-electron chi connectivity index (χ2n) is 5.36. The zero-order valence-electron chi connectivity index (χ0n) is 11.7. The Labute approximate surface area is 106 Å². The second kappa shape index (κ2) is 7.49. The second-order valence-corrected chi connectivity index (χ2v) is 5.36. The highest BCUT2D eigenvalue weighted by molar-refractivity contribution is 5.03. The average molecular weight is 237 g/mol. The molecular weight excluding hydrogens is 210 g/mol. The van der Waals surface area contributed by atoms with Gasteiger partial charge in [-0.3, -0.25) is 4.68 Å². The monoisotopic (exact) mass is 237 g/mol. The van der Waals surface area contributed by atoms with E-state index in [1.54, 1.807) is 0 Å². The van der Waals surface area contributed by atoms with Crippen molar-refractivity contribution in [2.24, 2.45) is 18.9 Å². The molecule has 1 unspecified atom stereocenters. The third-order valence-corrected chi connectivity index (χ3v) is 3.09. The van der Waals surface area contributed by atoms with Crippen LogP contribution in [0.1, 0.15) is 39.2 Å². The van der Waals surface area contributed by atoms with Gasteiger partial charge in [0, 0.05) is 13.2 Å². The van der Waals surface area contributed by atoms with Gasteiger partial charge in [-0.15, -0.1) is 0 Å². The summed E-state index contributed by atoms with van der Waals surface area (Å²) in [7, 11) is 1.98. The van der Waals surface area contributed by atoms with Crippen LogP contribution in [0.2, 0.25) is 0 Å². The molecule has 98 valence electrons. The standard InChI is InChI=1S/C14H27N3/c1-5-15-9-13(8-12(2)3)6-7-14-10-16-17(4)11-14/h10-13,15H,5-9H2,1-4H3. The molecule has 0 aliphatic carbocycles. The Bertz CT molecular complexity index is 304. The van der Waals surface area contributed by atoms with Crippen molar-refractivity contribution in [2.75, 3.05) is 13.1 Å². The van der Waals surface area contributed by atoms with Crippen molar-refractivity contribution < 1.29 is 0 Å². The lowest BCUT2D eigenvalue weighted by molar-refractivity contribution is 0.369. The van der Waals surface area contributed by atoms with E-state index >= 15 is 0 Å². The third kappa shape index (κ3) is 5.87. The molecule has 0 amide bonds. The van der Waals surface area contributed by atoms with E-state index < -0.39 is 0 Å². The zero-order chi connectivity index (χ0) is 12.7. The number of nitrogens with zero attached hydrogens (tertiary/aromatic N) is 2. The Hall–Kier alpha value is -0.830. The van der Waals surface area contributed by atoms with Crippen molar-refractivity contribution in [3.63, 3.8) is 0 Å². The first kappa shape index (κ1) is 14.2. The van der Waals surface area contributed by atoms with Crippen LogP contribution in [0.4, 0.5) is 0 Å². The highest BCUT2D eigenvalue weighted by atomic mass is 15.2. The maximum absolute atomic E-state index is 4.22. The molecule has 0 bridgehead atoms. The third-order valence-electron chi connectivity index (χ3n) is 3.09. The van der Waals surface area contributed by atoms with E-state index in [0.29, 0.717) is 0 Å². The summed E-state index contributed by atoms with van der Waals surface area (Å²) in [6.45, 7) is 9.01. The van der Waals surface area contributed by atoms with Crippen molar-refractivity contribution in [1.29, 1.82) is 0 Å². The van der Waals surface area contributed by atoms with Crippen LogP contribution in [-0.2, 0) is 13.5 Å². The predicted octanol–water partition coefficient (Wildman–Crippen LogP) is 2.62. The Morgan fingerprint density at radius 1 is 1.41 bits per heavy atom. The predicted molar refractivity (Wildman–Crippen MR) is 73.0 cm³/mol. The van der Waals surface area contributed by atoms with Crippen LogP contribution >= 0.6 is 0 Å². The van der Waals surface area contributed by atoms with Gasteiger partial charge in [0.1, 0.15) is 0 Å². The fraction of sp³-hybridized carbons (Fsp3) is 0.786. The Balaban J connectivity index is 2.36. The minimum absolute atomic E-state index is 0.785. The van der Waals surface area contributed by atoms with Gasteiger partial charge < -0.3 is 5.32 Å². The first-order valence-corrected chi connectivity index (χ1v) is 6.80. The molecule has 17 heavy (non-hydrogen) atoms. The molecule has 3 heteroatoms. The smallest absolute Gasteiger partial charge is 0.0521 e. The van der Waals surface area contributed by atoms with Crippen LogP contribution in [-0.4, -0.2) is 22.9 Å². The van der Waals surface area contributed by atoms with Gasteiger partial charge in [-0.05, 0) is 49.8 Å². The van der Waals surface area contributed by atoms with Crippen molar-refractivity contribution in [3.8, 4) is 0 Å². The number of hydrogen-bond donors (Lipinski definition) is 1. The molecule has 1 rings (SSSR count). The highest BCUT2D eigenvalue weighted by Crippen LogP contribution is 2.17. The molecule has 0 aromatic carbocycles. The average Bonchev–Trinajstić information content (AvgIpc) is 2.68. The summed E-state index contributed by atoms with van der Waals surface area (Å²) in [5.41, 5.74) is 1.36. The van der Waals surface area contributed by atoms with E-state index in [2.05, 4.69) is 37.4 Å². The van der Waals surface area contributed by atoms with Gasteiger partial charge in [-0.1, -0.05) is 20.8 Å². The lowest BCUT2D eigenvalue weighted by Gasteiger charge is -2.19. The summed E-state index contributed by atoms with van der Waals surface area (Å²) in [5.74, 6) is 1.57. The van der Waals surface area contributed by atoms with Crippen molar-refractivity contribution in [1.82, 2.24) is 15.1 Å². The van der Waals surface area contributed by atoms with Gasteiger partial charge in [0.15, 0.2) is 0 Å². The molecule has 1 N–H and O–H groups in total. The lowest BCUT2D eigenvalue weighted by Crippen LogP contribution is -2.24. The first-order valence-electron chi connectivity index (χ1n) is 6.80. The molecule has 0 aliphatic rings. The number of aryl methyl sites for hydroxylation is 2. The van der Waals surface area contributed by atoms with Crippen LogP contribution in [0.3, 0.4) is 0 Å². The summed E-state index contributed by atoms with van der Waals surface area (Å²) < 4.78 is 1.89. The molecule has 0 radical (unpaired) electrons. The Morgan fingerprint density at radius 3 is 2.71 bits per heavy atom. The highest BCUT2D eigenvalue weighted by Gasteiger charge is 2.11. The topological polar surface area (TPSA) is 29.9 Å². The van der Waals surface area contributed by atoms with E-state index in [-0.39, 0.29) is 0 Å². The van der Waals surface area contributed by atoms with E-state index in [4.69, 9.17) is 0 Å². The van der Waals surface area contributed by atoms with Crippen LogP contribution < -0.4 is 5.32 Å². The maximum atomic E-state index is 4.22. The van der Waals surface area contributed by atoms with Gasteiger partial charge in [0.2, 0.25) is 0 Å². The Morgan fingerprint density at radius 2 is 2.18 bits per heavy atom. The Kier molecular flexibility index (Phi) is 6.27. The summed E-state index contributed by atoms with van der Waals surface area (Å²) in [4.78, 5) is 0. The van der Waals surface area contributed by atoms with E-state index in [0.717, 1.165) is 31.3 Å². The molecular formula is C14H27N3. The molecule has 0 aliphatic heterocycles. The fourth-order valence-electron chi connectivity index (χ4n) is 2.29. The molecule has 0 fully saturated rings. The summed E-state index contributed by atoms with van der Waals surface area (Å²) in [6.07, 6.45) is 7.83. The minimum Gasteiger partial charge on any atom is -0.317 e. The first-order chi connectivity index (χ1) is 8.11. The van der Waals surface area contributed by atoms with Crippen molar-refractivity contribution >= 4 is 0 Å². The quantitative estimate of drug-likeness (QED) is 0.753. The van der Waals surface area contributed by atoms with E-state index in [1.807, 2.05) is 17.9 Å². The molecule has 1 heterocycles. The number of rotatable bonds is 8. The number of nitrogens with one attached hydrogen (secondary N) is 1. The molecule has 1 atom stereocenters. The van der Waals surface area contributed by atoms with E-state index in [1.165, 1.54) is 18.4 Å². The lowest BCUT2D eigenvalue weighted by atomic mass is 9.92. The normalized spacial score (nSPS) is 13.2. The van der Waals surface area contributed by atoms with Crippen LogP contribution in [0.15, 0.2) is 12.4 Å². The van der Waals surface area contributed by atoms with Gasteiger partial charge in [-0.2, -0.15) is 5.10 Å². The molecule has 3 nitrogen and oxygen atoms in total. The van der Waals surface area contributed by atoms with Gasteiger partial charge >= 0.3 is 0 Å². The van der Waals surface area contributed by atoms with Gasteiger partial charge in [0.25, 0.3) is 0 Å². The molecule has 0 spiro atoms. The SMILES string of the molecule is CCNCC(CCc1cnn(C)c1)CC(C)C. The van der Waals surface area contributed by atoms with Crippen LogP contribution in [0, 0.1) is 11.8 Å². The van der Waals surface area contributed by atoms with Crippen molar-refractivity contribution in [3.05, 3.63) is 18.0 Å².